The number of rotatable bonds is 17. The van der Waals surface area contributed by atoms with E-state index in [2.05, 4.69) is 104 Å². The van der Waals surface area contributed by atoms with Crippen molar-refractivity contribution in [2.75, 3.05) is 4.90 Å². The van der Waals surface area contributed by atoms with Gasteiger partial charge in [-0.05, 0) is 108 Å². The Balaban J connectivity index is 1.24. The van der Waals surface area contributed by atoms with Gasteiger partial charge in [0.2, 0.25) is 0 Å². The molecule has 5 aromatic rings. The third-order valence-electron chi connectivity index (χ3n) is 10.7. The van der Waals surface area contributed by atoms with Crippen LogP contribution in [0.25, 0.3) is 11.1 Å². The fourth-order valence-electron chi connectivity index (χ4n) is 7.55. The third-order valence-corrected chi connectivity index (χ3v) is 10.7. The lowest BCUT2D eigenvalue weighted by Crippen LogP contribution is -2.26. The number of carboxylic acids is 2. The van der Waals surface area contributed by atoms with Crippen LogP contribution < -0.4 is 4.90 Å². The van der Waals surface area contributed by atoms with Crippen LogP contribution in [0.1, 0.15) is 122 Å². The molecule has 1 aliphatic rings. The minimum atomic E-state index is -1.28. The van der Waals surface area contributed by atoms with Gasteiger partial charge >= 0.3 is 11.9 Å². The highest BCUT2D eigenvalue weighted by atomic mass is 16.4. The van der Waals surface area contributed by atoms with Crippen molar-refractivity contribution >= 4 is 40.4 Å². The van der Waals surface area contributed by atoms with Crippen LogP contribution in [-0.2, 0) is 18.3 Å². The topological polar surface area (TPSA) is 90.2 Å². The summed E-state index contributed by atoms with van der Waals surface area (Å²) in [6, 6.07) is 37.8. The maximum Gasteiger partial charge on any atom is 0.336 e. The Morgan fingerprint density at radius 3 is 1.41 bits per heavy atom. The molecule has 0 radical (unpaired) electrons. The van der Waals surface area contributed by atoms with Gasteiger partial charge in [-0.2, -0.15) is 0 Å². The number of nitrogens with zero attached hydrogens (tertiary/aromatic N) is 2. The summed E-state index contributed by atoms with van der Waals surface area (Å²) in [5.74, 6) is -2.55. The highest BCUT2D eigenvalue weighted by Crippen LogP contribution is 2.44. The Morgan fingerprint density at radius 1 is 0.556 bits per heavy atom. The van der Waals surface area contributed by atoms with Crippen LogP contribution in [0.4, 0.5) is 22.7 Å². The zero-order chi connectivity index (χ0) is 38.2. The van der Waals surface area contributed by atoms with Gasteiger partial charge in [0.15, 0.2) is 0 Å². The third kappa shape index (κ3) is 8.49. The van der Waals surface area contributed by atoms with E-state index < -0.39 is 17.4 Å². The lowest BCUT2D eigenvalue weighted by molar-refractivity contribution is 0.0651. The Kier molecular flexibility index (Phi) is 12.1. The first-order valence-electron chi connectivity index (χ1n) is 19.5. The smallest absolute Gasteiger partial charge is 0.336 e. The van der Waals surface area contributed by atoms with Gasteiger partial charge < -0.3 is 15.1 Å². The van der Waals surface area contributed by atoms with E-state index in [0.717, 1.165) is 52.3 Å². The number of aliphatic imine (C=N–C) groups is 1. The molecule has 1 aliphatic heterocycles. The van der Waals surface area contributed by atoms with E-state index in [1.165, 1.54) is 74.6 Å². The average molecular weight is 721 g/mol. The predicted molar refractivity (Wildman–Crippen MR) is 222 cm³/mol. The quantitative estimate of drug-likeness (QED) is 0.0933. The van der Waals surface area contributed by atoms with Gasteiger partial charge in [-0.3, -0.25) is 4.99 Å². The van der Waals surface area contributed by atoms with E-state index in [4.69, 9.17) is 4.99 Å². The molecule has 0 amide bonds. The lowest BCUT2D eigenvalue weighted by atomic mass is 9.78. The first kappa shape index (κ1) is 38.2. The SMILES string of the molecule is CCCCCCc1ccc(N(c2ccc(CCCCCC)cc2)c2ccc(-c3ccc(C4=Nc5cc(C(=O)O)c(C(=O)O)cc5C4(C)C)cc3)cc2)cc1. The molecule has 278 valence electrons. The standard InChI is InChI=1S/C48H52N2O4/c1-5-7-9-11-13-33-15-25-38(26-16-33)50(39-27-17-34(18-28-39)14-12-10-8-6-2)40-29-23-36(24-30-40)35-19-21-37(22-20-35)45-48(3,4)43-31-41(46(51)52)42(47(53)54)32-44(43)49-45/h15-32H,5-14H2,1-4H3,(H,51,52)(H,53,54). The number of fused-ring (bicyclic) bond motifs is 1. The van der Waals surface area contributed by atoms with E-state index in [-0.39, 0.29) is 11.1 Å². The minimum Gasteiger partial charge on any atom is -0.478 e. The van der Waals surface area contributed by atoms with Crippen molar-refractivity contribution < 1.29 is 19.8 Å². The molecule has 54 heavy (non-hydrogen) atoms. The van der Waals surface area contributed by atoms with Crippen molar-refractivity contribution in [3.63, 3.8) is 0 Å². The molecule has 0 aliphatic carbocycles. The molecule has 0 saturated carbocycles. The molecule has 0 spiro atoms. The van der Waals surface area contributed by atoms with Crippen molar-refractivity contribution in [3.8, 4) is 11.1 Å². The van der Waals surface area contributed by atoms with Gasteiger partial charge in [0.1, 0.15) is 0 Å². The number of hydrogen-bond acceptors (Lipinski definition) is 4. The first-order chi connectivity index (χ1) is 26.1. The molecule has 0 aromatic heterocycles. The van der Waals surface area contributed by atoms with Crippen LogP contribution in [0, 0.1) is 0 Å². The van der Waals surface area contributed by atoms with Crippen LogP contribution in [0.15, 0.2) is 114 Å². The molecule has 6 heteroatoms. The maximum absolute atomic E-state index is 11.9. The predicted octanol–water partition coefficient (Wildman–Crippen LogP) is 12.9. The monoisotopic (exact) mass is 720 g/mol. The van der Waals surface area contributed by atoms with Gasteiger partial charge in [0.05, 0.1) is 22.5 Å². The zero-order valence-corrected chi connectivity index (χ0v) is 32.1. The number of aryl methyl sites for hydroxylation is 2. The van der Waals surface area contributed by atoms with Crippen molar-refractivity contribution in [3.05, 3.63) is 143 Å². The number of hydrogen-bond donors (Lipinski definition) is 2. The molecule has 1 heterocycles. The summed E-state index contributed by atoms with van der Waals surface area (Å²) in [4.78, 5) is 30.9. The van der Waals surface area contributed by atoms with Gasteiger partial charge in [-0.15, -0.1) is 0 Å². The minimum absolute atomic E-state index is 0.229. The Bertz CT molecular complexity index is 2040. The van der Waals surface area contributed by atoms with Crippen molar-refractivity contribution in [1.29, 1.82) is 0 Å². The van der Waals surface area contributed by atoms with Crippen LogP contribution >= 0.6 is 0 Å². The van der Waals surface area contributed by atoms with E-state index in [1.54, 1.807) is 0 Å². The molecular weight excluding hydrogens is 669 g/mol. The second-order valence-corrected chi connectivity index (χ2v) is 15.0. The van der Waals surface area contributed by atoms with Gasteiger partial charge in [0.25, 0.3) is 0 Å². The normalized spacial score (nSPS) is 13.0. The molecule has 5 aromatic carbocycles. The summed E-state index contributed by atoms with van der Waals surface area (Å²) in [5.41, 5.74) is 10.0. The molecule has 2 N–H and O–H groups in total. The molecule has 0 saturated heterocycles. The Morgan fingerprint density at radius 2 is 0.963 bits per heavy atom. The second kappa shape index (κ2) is 17.1. The van der Waals surface area contributed by atoms with Gasteiger partial charge in [-0.25, -0.2) is 9.59 Å². The number of unbranched alkanes of at least 4 members (excludes halogenated alkanes) is 6. The molecule has 0 atom stereocenters. The highest BCUT2D eigenvalue weighted by molar-refractivity contribution is 6.14. The Hall–Kier alpha value is -5.49. The maximum atomic E-state index is 11.9. The molecule has 0 unspecified atom stereocenters. The Labute approximate surface area is 320 Å². The van der Waals surface area contributed by atoms with E-state index in [9.17, 15) is 19.8 Å². The van der Waals surface area contributed by atoms with E-state index >= 15 is 0 Å². The summed E-state index contributed by atoms with van der Waals surface area (Å²) in [7, 11) is 0. The average Bonchev–Trinajstić information content (AvgIpc) is 3.45. The van der Waals surface area contributed by atoms with E-state index in [1.807, 2.05) is 26.0 Å². The first-order valence-corrected chi connectivity index (χ1v) is 19.5. The number of anilines is 3. The fraction of sp³-hybridized carbons (Fsp3) is 0.312. The lowest BCUT2D eigenvalue weighted by Gasteiger charge is -2.26. The van der Waals surface area contributed by atoms with Crippen molar-refractivity contribution in [1.82, 2.24) is 0 Å². The molecule has 0 bridgehead atoms. The molecule has 6 rings (SSSR count). The summed E-state index contributed by atoms with van der Waals surface area (Å²) in [5, 5.41) is 19.3. The van der Waals surface area contributed by atoms with Crippen LogP contribution in [-0.4, -0.2) is 27.9 Å². The van der Waals surface area contributed by atoms with Crippen LogP contribution in [0.2, 0.25) is 0 Å². The van der Waals surface area contributed by atoms with Gasteiger partial charge in [-0.1, -0.05) is 127 Å². The molecular formula is C48H52N2O4. The van der Waals surface area contributed by atoms with Crippen LogP contribution in [0.3, 0.4) is 0 Å². The number of aromatic carboxylic acids is 2. The largest absolute Gasteiger partial charge is 0.478 e. The summed E-state index contributed by atoms with van der Waals surface area (Å²) < 4.78 is 0. The number of carboxylic acid groups (broad SMARTS) is 2. The van der Waals surface area contributed by atoms with E-state index in [0.29, 0.717) is 11.3 Å². The summed E-state index contributed by atoms with van der Waals surface area (Å²) in [6.45, 7) is 8.48. The second-order valence-electron chi connectivity index (χ2n) is 15.0. The van der Waals surface area contributed by atoms with Crippen molar-refractivity contribution in [2.45, 2.75) is 97.3 Å². The molecule has 0 fully saturated rings. The highest BCUT2D eigenvalue weighted by Gasteiger charge is 2.37. The number of benzene rings is 5. The summed E-state index contributed by atoms with van der Waals surface area (Å²) in [6.07, 6.45) is 12.3. The fourth-order valence-corrected chi connectivity index (χ4v) is 7.55. The van der Waals surface area contributed by atoms with Crippen LogP contribution in [0.5, 0.6) is 0 Å². The van der Waals surface area contributed by atoms with Crippen molar-refractivity contribution in [2.24, 2.45) is 4.99 Å². The zero-order valence-electron chi connectivity index (χ0n) is 32.1. The summed E-state index contributed by atoms with van der Waals surface area (Å²) >= 11 is 0. The number of carbonyl (C=O) groups is 2. The van der Waals surface area contributed by atoms with Gasteiger partial charge in [0, 0.05) is 22.5 Å². The molecule has 6 nitrogen and oxygen atoms in total.